The van der Waals surface area contributed by atoms with Gasteiger partial charge in [-0.15, -0.1) is 0 Å². The molecule has 2 aromatic heterocycles. The third-order valence-corrected chi connectivity index (χ3v) is 7.34. The molecule has 1 amide bonds. The molecule has 0 radical (unpaired) electrons. The summed E-state index contributed by atoms with van der Waals surface area (Å²) < 4.78 is 2.73. The number of aryl methyl sites for hydroxylation is 3. The fourth-order valence-corrected chi connectivity index (χ4v) is 5.10. The maximum absolute atomic E-state index is 13.3. The van der Waals surface area contributed by atoms with Gasteiger partial charge in [-0.25, -0.2) is 4.98 Å². The summed E-state index contributed by atoms with van der Waals surface area (Å²) >= 11 is 2.80. The average Bonchev–Trinajstić information content (AvgIpc) is 3.37. The fourth-order valence-electron chi connectivity index (χ4n) is 3.31. The first-order valence-electron chi connectivity index (χ1n) is 10.4. The predicted molar refractivity (Wildman–Crippen MR) is 134 cm³/mol. The maximum Gasteiger partial charge on any atom is 0.261 e. The third-order valence-electron chi connectivity index (χ3n) is 5.04. The predicted octanol–water partition coefficient (Wildman–Crippen LogP) is 5.85. The first kappa shape index (κ1) is 22.8. The molecular weight excluding hydrogens is 450 g/mol. The van der Waals surface area contributed by atoms with Crippen molar-refractivity contribution in [3.8, 4) is 17.3 Å². The summed E-state index contributed by atoms with van der Waals surface area (Å²) in [7, 11) is 0. The van der Waals surface area contributed by atoms with Gasteiger partial charge in [0, 0.05) is 11.8 Å². The van der Waals surface area contributed by atoms with Crippen molar-refractivity contribution in [1.29, 1.82) is 5.26 Å². The van der Waals surface area contributed by atoms with E-state index in [9.17, 15) is 4.79 Å². The molecule has 0 saturated heterocycles. The lowest BCUT2D eigenvalue weighted by Gasteiger charge is -2.03. The zero-order chi connectivity index (χ0) is 23.4. The molecule has 0 saturated carbocycles. The highest BCUT2D eigenvalue weighted by Gasteiger charge is 2.20. The standard InChI is InChI=1S/C25H23N5OS2/c1-16-4-8-19(9-5-16)14-30-15-21(22(29-30)20-10-6-17(2)7-11-20)23(31)28-25-27-18(3)24(33-25)32-13-12-26/h4-11,15H,13-14H2,1-3H3,(H,27,28,31). The number of rotatable bonds is 7. The number of thiazole rings is 1. The normalized spacial score (nSPS) is 10.7. The molecule has 4 aromatic rings. The summed E-state index contributed by atoms with van der Waals surface area (Å²) in [6.07, 6.45) is 1.79. The van der Waals surface area contributed by atoms with E-state index in [0.29, 0.717) is 28.7 Å². The van der Waals surface area contributed by atoms with Gasteiger partial charge in [-0.3, -0.25) is 14.8 Å². The number of nitriles is 1. The number of benzene rings is 2. The van der Waals surface area contributed by atoms with E-state index in [1.54, 1.807) is 10.9 Å². The van der Waals surface area contributed by atoms with E-state index in [1.165, 1.54) is 28.7 Å². The van der Waals surface area contributed by atoms with E-state index in [1.807, 2.05) is 38.1 Å². The summed E-state index contributed by atoms with van der Waals surface area (Å²) in [5, 5.41) is 17.0. The van der Waals surface area contributed by atoms with E-state index in [2.05, 4.69) is 47.6 Å². The number of hydrogen-bond donors (Lipinski definition) is 1. The number of nitrogens with zero attached hydrogens (tertiary/aromatic N) is 4. The molecule has 166 valence electrons. The Morgan fingerprint density at radius 1 is 1.09 bits per heavy atom. The summed E-state index contributed by atoms with van der Waals surface area (Å²) in [5.41, 5.74) is 6.27. The van der Waals surface area contributed by atoms with Crippen LogP contribution < -0.4 is 5.32 Å². The Hall–Kier alpha value is -3.41. The molecule has 2 aromatic carbocycles. The smallest absolute Gasteiger partial charge is 0.261 e. The first-order valence-corrected chi connectivity index (χ1v) is 12.2. The lowest BCUT2D eigenvalue weighted by molar-refractivity contribution is 0.102. The van der Waals surface area contributed by atoms with Crippen LogP contribution >= 0.6 is 23.1 Å². The lowest BCUT2D eigenvalue weighted by Crippen LogP contribution is -2.12. The second-order valence-corrected chi connectivity index (χ2v) is 9.98. The number of carbonyl (C=O) groups excluding carboxylic acids is 1. The largest absolute Gasteiger partial charge is 0.298 e. The van der Waals surface area contributed by atoms with Gasteiger partial charge in [0.1, 0.15) is 5.69 Å². The van der Waals surface area contributed by atoms with Gasteiger partial charge in [0.05, 0.1) is 33.8 Å². The summed E-state index contributed by atoms with van der Waals surface area (Å²) in [4.78, 5) is 17.7. The van der Waals surface area contributed by atoms with Gasteiger partial charge in [-0.05, 0) is 26.3 Å². The number of thioether (sulfide) groups is 1. The zero-order valence-electron chi connectivity index (χ0n) is 18.6. The minimum absolute atomic E-state index is 0.258. The minimum Gasteiger partial charge on any atom is -0.298 e. The Labute approximate surface area is 201 Å². The Morgan fingerprint density at radius 3 is 2.42 bits per heavy atom. The summed E-state index contributed by atoms with van der Waals surface area (Å²) in [6.45, 7) is 6.53. The van der Waals surface area contributed by atoms with Crippen molar-refractivity contribution in [3.05, 3.63) is 82.7 Å². The molecule has 0 bridgehead atoms. The van der Waals surface area contributed by atoms with E-state index in [-0.39, 0.29) is 5.91 Å². The number of amides is 1. The quantitative estimate of drug-likeness (QED) is 0.341. The summed E-state index contributed by atoms with van der Waals surface area (Å²) in [5.74, 6) is 0.0890. The number of carbonyl (C=O) groups is 1. The van der Waals surface area contributed by atoms with Crippen molar-refractivity contribution in [2.45, 2.75) is 31.5 Å². The molecule has 6 nitrogen and oxygen atoms in total. The van der Waals surface area contributed by atoms with Crippen molar-refractivity contribution in [3.63, 3.8) is 0 Å². The molecule has 2 heterocycles. The third kappa shape index (κ3) is 5.51. The Balaban J connectivity index is 1.64. The molecule has 1 N–H and O–H groups in total. The number of aromatic nitrogens is 3. The topological polar surface area (TPSA) is 83.6 Å². The highest BCUT2D eigenvalue weighted by molar-refractivity contribution is 8.01. The molecule has 0 aliphatic heterocycles. The van der Waals surface area contributed by atoms with Crippen LogP contribution in [0.1, 0.15) is 32.7 Å². The van der Waals surface area contributed by atoms with E-state index >= 15 is 0 Å². The van der Waals surface area contributed by atoms with Gasteiger partial charge in [-0.1, -0.05) is 82.8 Å². The van der Waals surface area contributed by atoms with Gasteiger partial charge < -0.3 is 0 Å². The Morgan fingerprint density at radius 2 is 1.76 bits per heavy atom. The van der Waals surface area contributed by atoms with Crippen LogP contribution in [0.3, 0.4) is 0 Å². The van der Waals surface area contributed by atoms with Crippen molar-refractivity contribution in [2.24, 2.45) is 0 Å². The second kappa shape index (κ2) is 10.0. The number of anilines is 1. The van der Waals surface area contributed by atoms with Crippen LogP contribution in [0.15, 0.2) is 58.9 Å². The Bertz CT molecular complexity index is 1310. The Kier molecular flexibility index (Phi) is 6.92. The van der Waals surface area contributed by atoms with Gasteiger partial charge in [-0.2, -0.15) is 10.4 Å². The molecule has 0 aliphatic carbocycles. The van der Waals surface area contributed by atoms with Crippen LogP contribution in [0.5, 0.6) is 0 Å². The lowest BCUT2D eigenvalue weighted by atomic mass is 10.1. The van der Waals surface area contributed by atoms with Gasteiger partial charge in [0.15, 0.2) is 5.13 Å². The SMILES string of the molecule is Cc1ccc(Cn2cc(C(=O)Nc3nc(C)c(SCC#N)s3)c(-c3ccc(C)cc3)n2)cc1. The maximum atomic E-state index is 13.3. The van der Waals surface area contributed by atoms with Crippen molar-refractivity contribution in [2.75, 3.05) is 11.1 Å². The molecular formula is C25H23N5OS2. The van der Waals surface area contributed by atoms with Crippen molar-refractivity contribution in [1.82, 2.24) is 14.8 Å². The van der Waals surface area contributed by atoms with E-state index in [4.69, 9.17) is 10.4 Å². The molecule has 0 aliphatic rings. The van der Waals surface area contributed by atoms with Crippen LogP contribution in [0.25, 0.3) is 11.3 Å². The molecule has 0 atom stereocenters. The minimum atomic E-state index is -0.258. The summed E-state index contributed by atoms with van der Waals surface area (Å²) in [6, 6.07) is 18.4. The van der Waals surface area contributed by atoms with Gasteiger partial charge >= 0.3 is 0 Å². The van der Waals surface area contributed by atoms with Crippen LogP contribution in [0.4, 0.5) is 5.13 Å². The second-order valence-electron chi connectivity index (χ2n) is 7.73. The molecule has 8 heteroatoms. The molecule has 4 rings (SSSR count). The van der Waals surface area contributed by atoms with Gasteiger partial charge in [0.25, 0.3) is 5.91 Å². The first-order chi connectivity index (χ1) is 15.9. The van der Waals surface area contributed by atoms with Crippen LogP contribution in [0.2, 0.25) is 0 Å². The van der Waals surface area contributed by atoms with E-state index in [0.717, 1.165) is 26.6 Å². The highest BCUT2D eigenvalue weighted by atomic mass is 32.2. The molecule has 0 fully saturated rings. The van der Waals surface area contributed by atoms with Crippen LogP contribution in [-0.2, 0) is 6.54 Å². The molecule has 0 spiro atoms. The number of hydrogen-bond acceptors (Lipinski definition) is 6. The fraction of sp³-hybridized carbons (Fsp3) is 0.200. The van der Waals surface area contributed by atoms with Crippen LogP contribution in [-0.4, -0.2) is 26.4 Å². The highest BCUT2D eigenvalue weighted by Crippen LogP contribution is 2.32. The monoisotopic (exact) mass is 473 g/mol. The molecule has 0 unspecified atom stereocenters. The van der Waals surface area contributed by atoms with Crippen molar-refractivity contribution >= 4 is 34.1 Å². The zero-order valence-corrected chi connectivity index (χ0v) is 20.3. The van der Waals surface area contributed by atoms with Crippen molar-refractivity contribution < 1.29 is 4.79 Å². The van der Waals surface area contributed by atoms with Gasteiger partial charge in [0.2, 0.25) is 0 Å². The van der Waals surface area contributed by atoms with E-state index < -0.39 is 0 Å². The number of nitrogens with one attached hydrogen (secondary N) is 1. The molecule has 33 heavy (non-hydrogen) atoms. The average molecular weight is 474 g/mol. The van der Waals surface area contributed by atoms with Crippen LogP contribution in [0, 0.1) is 32.1 Å².